The number of piperazine rings is 1. The summed E-state index contributed by atoms with van der Waals surface area (Å²) in [5.41, 5.74) is 13.3. The monoisotopic (exact) mass is 440 g/mol. The van der Waals surface area contributed by atoms with E-state index < -0.39 is 0 Å². The van der Waals surface area contributed by atoms with Crippen molar-refractivity contribution in [3.8, 4) is 33.8 Å². The third-order valence-electron chi connectivity index (χ3n) is 6.05. The van der Waals surface area contributed by atoms with Crippen molar-refractivity contribution in [1.82, 2.24) is 20.1 Å². The van der Waals surface area contributed by atoms with E-state index in [9.17, 15) is 0 Å². The predicted molar refractivity (Wildman–Crippen MR) is 133 cm³/mol. The molecule has 0 amide bonds. The molecular formula is C26H28N6O. The Balaban J connectivity index is 1.62. The standard InChI is InChI=1S/C26H28N6O/c1-18-4-3-5-20(14-18)32-24(8-9-30-32)22-16-26(27)29-17-23(22)21-7-6-19(15-25(21)33-2)31-12-10-28-11-13-31/h3-9,14-17,28H,10-13H2,1-2H3,(H2,27,29). The predicted octanol–water partition coefficient (Wildman–Crippen LogP) is 3.91. The Hall–Kier alpha value is -3.84. The van der Waals surface area contributed by atoms with Crippen molar-refractivity contribution in [2.24, 2.45) is 0 Å². The first-order chi connectivity index (χ1) is 16.1. The van der Waals surface area contributed by atoms with Gasteiger partial charge in [0.15, 0.2) is 0 Å². The lowest BCUT2D eigenvalue weighted by Gasteiger charge is -2.30. The number of nitrogen functional groups attached to an aromatic ring is 1. The SMILES string of the molecule is COc1cc(N2CCNCC2)ccc1-c1cnc(N)cc1-c1ccnn1-c1cccc(C)c1. The Bertz CT molecular complexity index is 1280. The molecule has 3 N–H and O–H groups in total. The van der Waals surface area contributed by atoms with E-state index in [1.54, 1.807) is 7.11 Å². The molecule has 33 heavy (non-hydrogen) atoms. The number of hydrogen-bond acceptors (Lipinski definition) is 6. The molecule has 0 aliphatic carbocycles. The molecule has 4 aromatic rings. The molecule has 1 aliphatic heterocycles. The molecule has 1 aliphatic rings. The summed E-state index contributed by atoms with van der Waals surface area (Å²) >= 11 is 0. The van der Waals surface area contributed by atoms with Crippen LogP contribution in [0.15, 0.2) is 67.0 Å². The largest absolute Gasteiger partial charge is 0.496 e. The average Bonchev–Trinajstić information content (AvgIpc) is 3.34. The number of rotatable bonds is 5. The van der Waals surface area contributed by atoms with Crippen LogP contribution in [0, 0.1) is 6.92 Å². The molecule has 2 aromatic heterocycles. The van der Waals surface area contributed by atoms with Gasteiger partial charge in [0.25, 0.3) is 0 Å². The summed E-state index contributed by atoms with van der Waals surface area (Å²) in [5, 5.41) is 8.00. The van der Waals surface area contributed by atoms with E-state index in [-0.39, 0.29) is 0 Å². The van der Waals surface area contributed by atoms with E-state index in [0.29, 0.717) is 5.82 Å². The molecule has 2 aromatic carbocycles. The molecule has 7 heteroatoms. The topological polar surface area (TPSA) is 81.2 Å². The van der Waals surface area contributed by atoms with Crippen LogP contribution in [0.25, 0.3) is 28.1 Å². The number of hydrogen-bond donors (Lipinski definition) is 2. The first kappa shape index (κ1) is 21.0. The molecule has 1 fully saturated rings. The second-order valence-corrected chi connectivity index (χ2v) is 8.24. The third-order valence-corrected chi connectivity index (χ3v) is 6.05. The summed E-state index contributed by atoms with van der Waals surface area (Å²) < 4.78 is 7.78. The lowest BCUT2D eigenvalue weighted by Crippen LogP contribution is -2.43. The number of nitrogens with one attached hydrogen (secondary N) is 1. The van der Waals surface area contributed by atoms with Crippen molar-refractivity contribution in [3.63, 3.8) is 0 Å². The minimum Gasteiger partial charge on any atom is -0.496 e. The fourth-order valence-electron chi connectivity index (χ4n) is 4.39. The zero-order chi connectivity index (χ0) is 22.8. The lowest BCUT2D eigenvalue weighted by molar-refractivity contribution is 0.416. The van der Waals surface area contributed by atoms with Crippen LogP contribution in [0.5, 0.6) is 5.75 Å². The number of aryl methyl sites for hydroxylation is 1. The van der Waals surface area contributed by atoms with E-state index in [2.05, 4.69) is 63.6 Å². The normalized spacial score (nSPS) is 13.8. The average molecular weight is 441 g/mol. The van der Waals surface area contributed by atoms with Crippen LogP contribution in [-0.4, -0.2) is 48.1 Å². The zero-order valence-corrected chi connectivity index (χ0v) is 19.0. The number of ether oxygens (including phenoxy) is 1. The number of pyridine rings is 1. The van der Waals surface area contributed by atoms with Gasteiger partial charge < -0.3 is 20.7 Å². The van der Waals surface area contributed by atoms with Crippen molar-refractivity contribution in [1.29, 1.82) is 0 Å². The minimum absolute atomic E-state index is 0.460. The highest BCUT2D eigenvalue weighted by Gasteiger charge is 2.19. The molecule has 0 bridgehead atoms. The molecule has 0 atom stereocenters. The maximum Gasteiger partial charge on any atom is 0.128 e. The van der Waals surface area contributed by atoms with Crippen LogP contribution in [0.1, 0.15) is 5.56 Å². The molecule has 3 heterocycles. The zero-order valence-electron chi connectivity index (χ0n) is 19.0. The summed E-state index contributed by atoms with van der Waals surface area (Å²) in [6, 6.07) is 18.6. The van der Waals surface area contributed by atoms with Gasteiger partial charge in [0.05, 0.1) is 24.7 Å². The van der Waals surface area contributed by atoms with E-state index in [1.165, 1.54) is 5.56 Å². The highest BCUT2D eigenvalue weighted by molar-refractivity contribution is 5.87. The van der Waals surface area contributed by atoms with Crippen molar-refractivity contribution in [2.45, 2.75) is 6.92 Å². The summed E-state index contributed by atoms with van der Waals surface area (Å²) in [7, 11) is 1.71. The Kier molecular flexibility index (Phi) is 5.71. The fraction of sp³-hybridized carbons (Fsp3) is 0.231. The summed E-state index contributed by atoms with van der Waals surface area (Å²) in [4.78, 5) is 6.78. The molecule has 0 radical (unpaired) electrons. The van der Waals surface area contributed by atoms with Gasteiger partial charge in [0, 0.05) is 60.8 Å². The highest BCUT2D eigenvalue weighted by atomic mass is 16.5. The number of methoxy groups -OCH3 is 1. The minimum atomic E-state index is 0.460. The first-order valence-electron chi connectivity index (χ1n) is 11.1. The summed E-state index contributed by atoms with van der Waals surface area (Å²) in [6.45, 7) is 6.01. The number of nitrogens with zero attached hydrogens (tertiary/aromatic N) is 4. The van der Waals surface area contributed by atoms with E-state index in [0.717, 1.165) is 65.7 Å². The van der Waals surface area contributed by atoms with Crippen LogP contribution in [0.3, 0.4) is 0 Å². The Morgan fingerprint density at radius 1 is 0.939 bits per heavy atom. The Morgan fingerprint density at radius 3 is 2.58 bits per heavy atom. The number of nitrogens with two attached hydrogens (primary N) is 1. The molecule has 5 rings (SSSR count). The second kappa shape index (κ2) is 8.96. The van der Waals surface area contributed by atoms with Crippen molar-refractivity contribution < 1.29 is 4.74 Å². The van der Waals surface area contributed by atoms with Gasteiger partial charge in [-0.15, -0.1) is 0 Å². The molecular weight excluding hydrogens is 412 g/mol. The first-order valence-corrected chi connectivity index (χ1v) is 11.1. The van der Waals surface area contributed by atoms with E-state index in [1.807, 2.05) is 35.3 Å². The van der Waals surface area contributed by atoms with Gasteiger partial charge in [-0.25, -0.2) is 9.67 Å². The molecule has 0 spiro atoms. The van der Waals surface area contributed by atoms with E-state index in [4.69, 9.17) is 10.5 Å². The Labute approximate surface area is 193 Å². The van der Waals surface area contributed by atoms with Gasteiger partial charge in [-0.2, -0.15) is 5.10 Å². The molecule has 168 valence electrons. The van der Waals surface area contributed by atoms with Crippen LogP contribution < -0.4 is 20.7 Å². The smallest absolute Gasteiger partial charge is 0.128 e. The quantitative estimate of drug-likeness (QED) is 0.490. The molecule has 7 nitrogen and oxygen atoms in total. The summed E-state index contributed by atoms with van der Waals surface area (Å²) in [6.07, 6.45) is 3.63. The van der Waals surface area contributed by atoms with Gasteiger partial charge >= 0.3 is 0 Å². The van der Waals surface area contributed by atoms with Crippen LogP contribution in [-0.2, 0) is 0 Å². The molecule has 0 unspecified atom stereocenters. The highest BCUT2D eigenvalue weighted by Crippen LogP contribution is 2.40. The van der Waals surface area contributed by atoms with Gasteiger partial charge in [0.2, 0.25) is 0 Å². The van der Waals surface area contributed by atoms with Crippen LogP contribution >= 0.6 is 0 Å². The fourth-order valence-corrected chi connectivity index (χ4v) is 4.39. The van der Waals surface area contributed by atoms with Gasteiger partial charge in [0.1, 0.15) is 11.6 Å². The lowest BCUT2D eigenvalue weighted by atomic mass is 9.98. The second-order valence-electron chi connectivity index (χ2n) is 8.24. The van der Waals surface area contributed by atoms with Crippen molar-refractivity contribution >= 4 is 11.5 Å². The van der Waals surface area contributed by atoms with Crippen molar-refractivity contribution in [2.75, 3.05) is 43.9 Å². The van der Waals surface area contributed by atoms with E-state index >= 15 is 0 Å². The van der Waals surface area contributed by atoms with Gasteiger partial charge in [-0.05, 0) is 48.9 Å². The molecule has 1 saturated heterocycles. The van der Waals surface area contributed by atoms with Gasteiger partial charge in [-0.3, -0.25) is 0 Å². The molecule has 0 saturated carbocycles. The Morgan fingerprint density at radius 2 is 1.79 bits per heavy atom. The van der Waals surface area contributed by atoms with Crippen molar-refractivity contribution in [3.05, 3.63) is 72.6 Å². The van der Waals surface area contributed by atoms with Gasteiger partial charge in [-0.1, -0.05) is 12.1 Å². The number of benzene rings is 2. The summed E-state index contributed by atoms with van der Waals surface area (Å²) in [5.74, 6) is 1.27. The third kappa shape index (κ3) is 4.15. The number of anilines is 2. The maximum atomic E-state index is 6.13. The number of aromatic nitrogens is 3. The van der Waals surface area contributed by atoms with Crippen LogP contribution in [0.2, 0.25) is 0 Å². The maximum absolute atomic E-state index is 6.13. The van der Waals surface area contributed by atoms with Crippen LogP contribution in [0.4, 0.5) is 11.5 Å².